The van der Waals surface area contributed by atoms with Gasteiger partial charge in [0.15, 0.2) is 0 Å². The van der Waals surface area contributed by atoms with Crippen LogP contribution in [0.1, 0.15) is 25.0 Å². The SMILES string of the molecule is CC1(C)c2ccccc2N(c2ccc(-c3cc4c5c(c3)-n3c6ccccc6c6cccc(c63)B5c3cccc(-c5ccccc5)c3N4)cc2)c2ccccc21. The molecule has 0 saturated heterocycles. The van der Waals surface area contributed by atoms with Crippen molar-refractivity contribution in [3.8, 4) is 27.9 Å². The highest BCUT2D eigenvalue weighted by atomic mass is 15.2. The zero-order valence-corrected chi connectivity index (χ0v) is 30.7. The third-order valence-electron chi connectivity index (χ3n) is 12.6. The molecule has 0 amide bonds. The van der Waals surface area contributed by atoms with Gasteiger partial charge in [-0.15, -0.1) is 0 Å². The van der Waals surface area contributed by atoms with E-state index in [2.05, 4.69) is 205 Å². The van der Waals surface area contributed by atoms with E-state index in [1.54, 1.807) is 0 Å². The number of nitrogens with one attached hydrogen (secondary N) is 1. The Hall–Kier alpha value is -6.78. The molecule has 0 saturated carbocycles. The largest absolute Gasteiger partial charge is 0.356 e. The van der Waals surface area contributed by atoms with Gasteiger partial charge >= 0.3 is 0 Å². The molecule has 0 radical (unpaired) electrons. The molecular formula is C51H36BN3. The first kappa shape index (κ1) is 30.7. The monoisotopic (exact) mass is 701 g/mol. The highest BCUT2D eigenvalue weighted by Gasteiger charge is 2.40. The van der Waals surface area contributed by atoms with E-state index in [0.717, 1.165) is 5.69 Å². The van der Waals surface area contributed by atoms with Crippen LogP contribution in [0.3, 0.4) is 0 Å². The van der Waals surface area contributed by atoms with Gasteiger partial charge in [0, 0.05) is 50.0 Å². The Labute approximate surface area is 321 Å². The molecule has 258 valence electrons. The van der Waals surface area contributed by atoms with E-state index in [-0.39, 0.29) is 12.1 Å². The fourth-order valence-electron chi connectivity index (χ4n) is 10.1. The van der Waals surface area contributed by atoms with Crippen LogP contribution in [-0.2, 0) is 5.41 Å². The van der Waals surface area contributed by atoms with E-state index in [9.17, 15) is 0 Å². The van der Waals surface area contributed by atoms with Crippen molar-refractivity contribution in [2.45, 2.75) is 19.3 Å². The average molecular weight is 702 g/mol. The summed E-state index contributed by atoms with van der Waals surface area (Å²) in [7, 11) is 0. The fourth-order valence-corrected chi connectivity index (χ4v) is 10.1. The third-order valence-corrected chi connectivity index (χ3v) is 12.6. The molecule has 4 heteroatoms. The molecule has 0 spiro atoms. The second-order valence-electron chi connectivity index (χ2n) is 15.8. The molecule has 0 bridgehead atoms. The van der Waals surface area contributed by atoms with Crippen LogP contribution in [0.25, 0.3) is 49.7 Å². The lowest BCUT2D eigenvalue weighted by molar-refractivity contribution is 0.632. The average Bonchev–Trinajstić information content (AvgIpc) is 3.58. The highest BCUT2D eigenvalue weighted by Crippen LogP contribution is 2.52. The van der Waals surface area contributed by atoms with Crippen molar-refractivity contribution >= 4 is 73.3 Å². The van der Waals surface area contributed by atoms with Gasteiger partial charge in [0.25, 0.3) is 6.71 Å². The van der Waals surface area contributed by atoms with Gasteiger partial charge in [-0.3, -0.25) is 0 Å². The smallest absolute Gasteiger partial charge is 0.252 e. The number of benzene rings is 8. The minimum atomic E-state index is -0.0926. The minimum absolute atomic E-state index is 0.0926. The van der Waals surface area contributed by atoms with Crippen LogP contribution in [0.15, 0.2) is 176 Å². The zero-order chi connectivity index (χ0) is 36.4. The van der Waals surface area contributed by atoms with Gasteiger partial charge in [-0.25, -0.2) is 0 Å². The molecule has 0 unspecified atom stereocenters. The molecular weight excluding hydrogens is 665 g/mol. The number of rotatable bonds is 3. The first-order valence-corrected chi connectivity index (χ1v) is 19.3. The molecule has 9 aromatic rings. The number of para-hydroxylation sites is 5. The van der Waals surface area contributed by atoms with Gasteiger partial charge in [-0.2, -0.15) is 0 Å². The summed E-state index contributed by atoms with van der Waals surface area (Å²) in [6, 6.07) is 65.2. The van der Waals surface area contributed by atoms with Crippen molar-refractivity contribution in [1.29, 1.82) is 0 Å². The summed E-state index contributed by atoms with van der Waals surface area (Å²) in [6.07, 6.45) is 0. The van der Waals surface area contributed by atoms with Gasteiger partial charge in [0.1, 0.15) is 0 Å². The number of hydrogen-bond donors (Lipinski definition) is 1. The molecule has 8 aromatic carbocycles. The topological polar surface area (TPSA) is 20.2 Å². The molecule has 12 rings (SSSR count). The summed E-state index contributed by atoms with van der Waals surface area (Å²) < 4.78 is 2.53. The maximum absolute atomic E-state index is 4.03. The third kappa shape index (κ3) is 4.17. The van der Waals surface area contributed by atoms with E-state index >= 15 is 0 Å². The maximum atomic E-state index is 4.03. The molecule has 0 aliphatic carbocycles. The molecule has 55 heavy (non-hydrogen) atoms. The Morgan fingerprint density at radius 2 is 1.16 bits per heavy atom. The number of aromatic nitrogens is 1. The molecule has 3 nitrogen and oxygen atoms in total. The lowest BCUT2D eigenvalue weighted by Gasteiger charge is -2.42. The van der Waals surface area contributed by atoms with Crippen LogP contribution in [0, 0.1) is 0 Å². The van der Waals surface area contributed by atoms with Crippen molar-refractivity contribution in [2.75, 3.05) is 10.2 Å². The van der Waals surface area contributed by atoms with Gasteiger partial charge in [-0.1, -0.05) is 147 Å². The Morgan fingerprint density at radius 1 is 0.509 bits per heavy atom. The first-order chi connectivity index (χ1) is 27.1. The van der Waals surface area contributed by atoms with Crippen molar-refractivity contribution in [3.05, 3.63) is 187 Å². The second-order valence-corrected chi connectivity index (χ2v) is 15.8. The van der Waals surface area contributed by atoms with Crippen LogP contribution >= 0.6 is 0 Å². The van der Waals surface area contributed by atoms with Crippen LogP contribution in [0.4, 0.5) is 28.4 Å². The van der Waals surface area contributed by atoms with E-state index in [4.69, 9.17) is 0 Å². The van der Waals surface area contributed by atoms with Gasteiger partial charge < -0.3 is 14.8 Å². The van der Waals surface area contributed by atoms with Gasteiger partial charge in [-0.05, 0) is 86.7 Å². The van der Waals surface area contributed by atoms with Crippen LogP contribution in [0.5, 0.6) is 0 Å². The van der Waals surface area contributed by atoms with Crippen LogP contribution in [0.2, 0.25) is 0 Å². The first-order valence-electron chi connectivity index (χ1n) is 19.3. The van der Waals surface area contributed by atoms with Crippen molar-refractivity contribution < 1.29 is 0 Å². The van der Waals surface area contributed by atoms with E-state index in [1.165, 1.54) is 100 Å². The molecule has 1 aromatic heterocycles. The summed E-state index contributed by atoms with van der Waals surface area (Å²) >= 11 is 0. The predicted octanol–water partition coefficient (Wildman–Crippen LogP) is 11.1. The maximum Gasteiger partial charge on any atom is 0.252 e. The van der Waals surface area contributed by atoms with Gasteiger partial charge in [0.05, 0.1) is 16.9 Å². The number of fused-ring (bicyclic) bond motifs is 9. The van der Waals surface area contributed by atoms with E-state index < -0.39 is 0 Å². The molecule has 1 N–H and O–H groups in total. The normalized spacial score (nSPS) is 14.2. The Bertz CT molecular complexity index is 3000. The van der Waals surface area contributed by atoms with Gasteiger partial charge in [0.2, 0.25) is 0 Å². The molecule has 3 aliphatic heterocycles. The van der Waals surface area contributed by atoms with Crippen LogP contribution < -0.4 is 26.6 Å². The quantitative estimate of drug-likeness (QED) is 0.185. The summed E-state index contributed by atoms with van der Waals surface area (Å²) in [4.78, 5) is 2.43. The molecule has 4 heterocycles. The van der Waals surface area contributed by atoms with Crippen molar-refractivity contribution in [1.82, 2.24) is 4.57 Å². The molecule has 0 atom stereocenters. The van der Waals surface area contributed by atoms with Crippen molar-refractivity contribution in [2.24, 2.45) is 0 Å². The Kier molecular flexibility index (Phi) is 6.20. The lowest BCUT2D eigenvalue weighted by atomic mass is 9.34. The number of anilines is 5. The summed E-state index contributed by atoms with van der Waals surface area (Å²) in [5.74, 6) is 0. The summed E-state index contributed by atoms with van der Waals surface area (Å²) in [5, 5.41) is 6.63. The standard InChI is InChI=1S/C51H36BN3/c1-51(2)39-19-7-10-24-45(39)54(46-25-11-8-20-40(46)51)35-28-26-32(27-29-35)34-30-43-48-47(31-34)55-44-23-9-6-16-37(44)38-18-13-22-42(50(38)55)52(48)41-21-12-17-36(49(41)53-43)33-14-4-3-5-15-33/h3-31,53H,1-2H3. The van der Waals surface area contributed by atoms with Crippen molar-refractivity contribution in [3.63, 3.8) is 0 Å². The molecule has 3 aliphatic rings. The summed E-state index contributed by atoms with van der Waals surface area (Å²) in [6.45, 7) is 4.78. The Morgan fingerprint density at radius 3 is 1.95 bits per heavy atom. The minimum Gasteiger partial charge on any atom is -0.356 e. The van der Waals surface area contributed by atoms with E-state index in [1.807, 2.05) is 0 Å². The highest BCUT2D eigenvalue weighted by molar-refractivity contribution is 7.00. The molecule has 0 fully saturated rings. The fraction of sp³-hybridized carbons (Fsp3) is 0.0588. The lowest BCUT2D eigenvalue weighted by Crippen LogP contribution is -2.59. The Balaban J connectivity index is 1.07. The van der Waals surface area contributed by atoms with Crippen LogP contribution in [-0.4, -0.2) is 11.3 Å². The zero-order valence-electron chi connectivity index (χ0n) is 30.7. The number of nitrogens with zero attached hydrogens (tertiary/aromatic N) is 2. The second kappa shape index (κ2) is 11.1. The predicted molar refractivity (Wildman–Crippen MR) is 233 cm³/mol. The summed E-state index contributed by atoms with van der Waals surface area (Å²) in [5.41, 5.74) is 21.2. The van der Waals surface area contributed by atoms with E-state index in [0.29, 0.717) is 0 Å². The number of hydrogen-bond acceptors (Lipinski definition) is 2.